The molecule has 0 bridgehead atoms. The van der Waals surface area contributed by atoms with Crippen LogP contribution in [0.15, 0.2) is 12.1 Å². The van der Waals surface area contributed by atoms with Crippen molar-refractivity contribution < 1.29 is 14.1 Å². The highest BCUT2D eigenvalue weighted by atomic mass is 19.1. The Labute approximate surface area is 122 Å². The van der Waals surface area contributed by atoms with Crippen LogP contribution in [0, 0.1) is 21.8 Å². The fourth-order valence-corrected chi connectivity index (χ4v) is 2.07. The van der Waals surface area contributed by atoms with Crippen LogP contribution >= 0.6 is 0 Å². The minimum atomic E-state index is -0.767. The van der Waals surface area contributed by atoms with Gasteiger partial charge in [-0.05, 0) is 18.4 Å². The summed E-state index contributed by atoms with van der Waals surface area (Å²) in [7, 11) is 1.48. The van der Waals surface area contributed by atoms with Crippen molar-refractivity contribution in [2.75, 3.05) is 12.4 Å². The lowest BCUT2D eigenvalue weighted by atomic mass is 10.0. The first kappa shape index (κ1) is 16.9. The predicted octanol–water partition coefficient (Wildman–Crippen LogP) is 2.94. The molecule has 1 aromatic carbocycles. The molecular weight excluding hydrogens is 277 g/mol. The minimum absolute atomic E-state index is 0.0448. The summed E-state index contributed by atoms with van der Waals surface area (Å²) in [6, 6.07) is 1.83. The number of nitrogens with zero attached hydrogens (tertiary/aromatic N) is 1. The normalized spacial score (nSPS) is 12.1. The Morgan fingerprint density at radius 2 is 2.05 bits per heavy atom. The molecular formula is C14H20FN3O3. The number of halogens is 1. The van der Waals surface area contributed by atoms with Crippen LogP contribution in [0.5, 0.6) is 0 Å². The first-order valence-electron chi connectivity index (χ1n) is 6.78. The molecule has 1 rings (SSSR count). The first-order valence-corrected chi connectivity index (χ1v) is 6.78. The third-order valence-corrected chi connectivity index (χ3v) is 3.36. The Hall–Kier alpha value is -2.18. The summed E-state index contributed by atoms with van der Waals surface area (Å²) in [6.45, 7) is 5.82. The molecule has 0 heterocycles. The number of nitro benzene ring substituents is 1. The molecule has 116 valence electrons. The average molecular weight is 297 g/mol. The van der Waals surface area contributed by atoms with Crippen molar-refractivity contribution in [2.24, 2.45) is 5.92 Å². The van der Waals surface area contributed by atoms with Crippen LogP contribution in [0.4, 0.5) is 15.8 Å². The van der Waals surface area contributed by atoms with Gasteiger partial charge in [0, 0.05) is 13.1 Å². The first-order chi connectivity index (χ1) is 9.81. The zero-order valence-electron chi connectivity index (χ0n) is 12.6. The van der Waals surface area contributed by atoms with E-state index in [9.17, 15) is 19.3 Å². The van der Waals surface area contributed by atoms with E-state index in [1.165, 1.54) is 7.05 Å². The van der Waals surface area contributed by atoms with Crippen LogP contribution in [0.2, 0.25) is 0 Å². The smallest absolute Gasteiger partial charge is 0.285 e. The van der Waals surface area contributed by atoms with Gasteiger partial charge in [-0.2, -0.15) is 0 Å². The summed E-state index contributed by atoms with van der Waals surface area (Å²) in [4.78, 5) is 22.5. The second-order valence-electron chi connectivity index (χ2n) is 5.09. The van der Waals surface area contributed by atoms with E-state index in [1.807, 2.05) is 20.8 Å². The van der Waals surface area contributed by atoms with E-state index in [2.05, 4.69) is 10.6 Å². The number of hydrogen-bond acceptors (Lipinski definition) is 4. The van der Waals surface area contributed by atoms with Crippen LogP contribution in [0.25, 0.3) is 0 Å². The van der Waals surface area contributed by atoms with Crippen LogP contribution in [0.3, 0.4) is 0 Å². The summed E-state index contributed by atoms with van der Waals surface area (Å²) < 4.78 is 13.6. The van der Waals surface area contributed by atoms with Gasteiger partial charge in [0.15, 0.2) is 5.82 Å². The van der Waals surface area contributed by atoms with Crippen molar-refractivity contribution in [1.82, 2.24) is 5.32 Å². The fraction of sp³-hybridized carbons (Fsp3) is 0.500. The van der Waals surface area contributed by atoms with Gasteiger partial charge in [-0.1, -0.05) is 20.8 Å². The van der Waals surface area contributed by atoms with Crippen molar-refractivity contribution in [3.05, 3.63) is 33.6 Å². The number of rotatable bonds is 6. The maximum atomic E-state index is 13.6. The number of amides is 1. The molecule has 0 aliphatic rings. The SMILES string of the molecule is CCC(NC(=O)c1cc(NC)c(F)cc1[N+](=O)[O-])C(C)C. The van der Waals surface area contributed by atoms with Gasteiger partial charge in [0.2, 0.25) is 0 Å². The molecule has 0 saturated heterocycles. The van der Waals surface area contributed by atoms with Crippen molar-refractivity contribution in [1.29, 1.82) is 0 Å². The van der Waals surface area contributed by atoms with E-state index in [-0.39, 0.29) is 23.2 Å². The number of hydrogen-bond donors (Lipinski definition) is 2. The van der Waals surface area contributed by atoms with E-state index < -0.39 is 22.3 Å². The molecule has 2 N–H and O–H groups in total. The highest BCUT2D eigenvalue weighted by Crippen LogP contribution is 2.26. The van der Waals surface area contributed by atoms with Crippen LogP contribution in [0.1, 0.15) is 37.6 Å². The van der Waals surface area contributed by atoms with Gasteiger partial charge < -0.3 is 10.6 Å². The monoisotopic (exact) mass is 297 g/mol. The van der Waals surface area contributed by atoms with Crippen molar-refractivity contribution in [2.45, 2.75) is 33.2 Å². The lowest BCUT2D eigenvalue weighted by Gasteiger charge is -2.20. The number of anilines is 1. The van der Waals surface area contributed by atoms with Crippen molar-refractivity contribution >= 4 is 17.3 Å². The van der Waals surface area contributed by atoms with Crippen LogP contribution < -0.4 is 10.6 Å². The molecule has 0 aliphatic heterocycles. The van der Waals surface area contributed by atoms with E-state index in [0.29, 0.717) is 6.42 Å². The minimum Gasteiger partial charge on any atom is -0.386 e. The van der Waals surface area contributed by atoms with Gasteiger partial charge >= 0.3 is 0 Å². The van der Waals surface area contributed by atoms with E-state index >= 15 is 0 Å². The Bertz CT molecular complexity index is 547. The summed E-state index contributed by atoms with van der Waals surface area (Å²) in [6.07, 6.45) is 0.706. The number of benzene rings is 1. The molecule has 21 heavy (non-hydrogen) atoms. The van der Waals surface area contributed by atoms with Gasteiger partial charge in [0.05, 0.1) is 16.7 Å². The Balaban J connectivity index is 3.21. The molecule has 7 heteroatoms. The van der Waals surface area contributed by atoms with E-state index in [4.69, 9.17) is 0 Å². The van der Waals surface area contributed by atoms with Crippen molar-refractivity contribution in [3.8, 4) is 0 Å². The van der Waals surface area contributed by atoms with Gasteiger partial charge in [-0.15, -0.1) is 0 Å². The molecule has 0 radical (unpaired) electrons. The average Bonchev–Trinajstić information content (AvgIpc) is 2.43. The van der Waals surface area contributed by atoms with Crippen molar-refractivity contribution in [3.63, 3.8) is 0 Å². The Morgan fingerprint density at radius 3 is 2.48 bits per heavy atom. The topological polar surface area (TPSA) is 84.3 Å². The third kappa shape index (κ3) is 3.90. The molecule has 1 aromatic rings. The fourth-order valence-electron chi connectivity index (χ4n) is 2.07. The molecule has 1 amide bonds. The van der Waals surface area contributed by atoms with E-state index in [0.717, 1.165) is 12.1 Å². The Morgan fingerprint density at radius 1 is 1.43 bits per heavy atom. The van der Waals surface area contributed by atoms with Crippen LogP contribution in [-0.2, 0) is 0 Å². The molecule has 0 aliphatic carbocycles. The summed E-state index contributed by atoms with van der Waals surface area (Å²) in [5.41, 5.74) is -0.643. The maximum Gasteiger partial charge on any atom is 0.285 e. The second-order valence-corrected chi connectivity index (χ2v) is 5.09. The zero-order valence-corrected chi connectivity index (χ0v) is 12.6. The number of carbonyl (C=O) groups is 1. The molecule has 0 saturated carbocycles. The quantitative estimate of drug-likeness (QED) is 0.624. The maximum absolute atomic E-state index is 13.6. The Kier molecular flexibility index (Phi) is 5.63. The highest BCUT2D eigenvalue weighted by molar-refractivity contribution is 5.99. The largest absolute Gasteiger partial charge is 0.386 e. The zero-order chi connectivity index (χ0) is 16.2. The summed E-state index contributed by atoms with van der Waals surface area (Å²) in [5, 5.41) is 16.3. The molecule has 6 nitrogen and oxygen atoms in total. The number of nitro groups is 1. The molecule has 1 atom stereocenters. The highest BCUT2D eigenvalue weighted by Gasteiger charge is 2.25. The summed E-state index contributed by atoms with van der Waals surface area (Å²) in [5.74, 6) is -1.14. The lowest BCUT2D eigenvalue weighted by Crippen LogP contribution is -2.38. The number of carbonyl (C=O) groups excluding carboxylic acids is 1. The second kappa shape index (κ2) is 7.01. The molecule has 1 unspecified atom stereocenters. The standard InChI is InChI=1S/C14H20FN3O3/c1-5-11(8(2)3)17-14(19)9-6-12(16-4)10(15)7-13(9)18(20)21/h6-8,11,16H,5H2,1-4H3,(H,17,19). The van der Waals surface area contributed by atoms with Gasteiger partial charge in [-0.25, -0.2) is 4.39 Å². The van der Waals surface area contributed by atoms with Gasteiger partial charge in [-0.3, -0.25) is 14.9 Å². The number of nitrogens with one attached hydrogen (secondary N) is 2. The summed E-state index contributed by atoms with van der Waals surface area (Å²) >= 11 is 0. The third-order valence-electron chi connectivity index (χ3n) is 3.36. The van der Waals surface area contributed by atoms with Gasteiger partial charge in [0.25, 0.3) is 11.6 Å². The molecule has 0 fully saturated rings. The predicted molar refractivity (Wildman–Crippen MR) is 79.0 cm³/mol. The molecule has 0 aromatic heterocycles. The van der Waals surface area contributed by atoms with E-state index in [1.54, 1.807) is 0 Å². The van der Waals surface area contributed by atoms with Crippen LogP contribution in [-0.4, -0.2) is 23.9 Å². The lowest BCUT2D eigenvalue weighted by molar-refractivity contribution is -0.385. The van der Waals surface area contributed by atoms with Gasteiger partial charge in [0.1, 0.15) is 5.56 Å². The molecule has 0 spiro atoms.